The van der Waals surface area contributed by atoms with Crippen molar-refractivity contribution in [3.8, 4) is 0 Å². The van der Waals surface area contributed by atoms with E-state index in [1.807, 2.05) is 31.2 Å². The van der Waals surface area contributed by atoms with Crippen molar-refractivity contribution in [3.63, 3.8) is 0 Å². The van der Waals surface area contributed by atoms with E-state index in [1.54, 1.807) is 0 Å². The Labute approximate surface area is 103 Å². The molecule has 2 N–H and O–H groups in total. The largest absolute Gasteiger partial charge is 0.396 e. The molecule has 0 saturated carbocycles. The van der Waals surface area contributed by atoms with Gasteiger partial charge in [-0.15, -0.1) is 0 Å². The summed E-state index contributed by atoms with van der Waals surface area (Å²) in [6.07, 6.45) is 1.03. The van der Waals surface area contributed by atoms with Crippen LogP contribution in [0.2, 0.25) is 5.02 Å². The van der Waals surface area contributed by atoms with Crippen molar-refractivity contribution in [2.75, 3.05) is 13.2 Å². The molecule has 0 aromatic heterocycles. The Kier molecular flexibility index (Phi) is 5.81. The van der Waals surface area contributed by atoms with Crippen LogP contribution in [0.1, 0.15) is 31.9 Å². The van der Waals surface area contributed by atoms with Gasteiger partial charge in [0, 0.05) is 24.2 Å². The third-order valence-corrected chi connectivity index (χ3v) is 2.96. The van der Waals surface area contributed by atoms with Gasteiger partial charge in [0.15, 0.2) is 0 Å². The first-order valence-electron chi connectivity index (χ1n) is 5.77. The fraction of sp³-hybridized carbons (Fsp3) is 0.538. The molecule has 2 unspecified atom stereocenters. The maximum Gasteiger partial charge on any atom is 0.0468 e. The van der Waals surface area contributed by atoms with Gasteiger partial charge in [0.1, 0.15) is 0 Å². The van der Waals surface area contributed by atoms with E-state index in [4.69, 9.17) is 16.7 Å². The van der Waals surface area contributed by atoms with Crippen LogP contribution in [-0.2, 0) is 0 Å². The van der Waals surface area contributed by atoms with Gasteiger partial charge in [0.2, 0.25) is 0 Å². The number of benzene rings is 1. The Balaban J connectivity index is 2.57. The van der Waals surface area contributed by atoms with E-state index in [-0.39, 0.29) is 6.61 Å². The van der Waals surface area contributed by atoms with Crippen LogP contribution >= 0.6 is 11.6 Å². The number of halogens is 1. The molecule has 0 spiro atoms. The summed E-state index contributed by atoms with van der Waals surface area (Å²) >= 11 is 5.86. The average Bonchev–Trinajstić information content (AvgIpc) is 2.31. The second-order valence-electron chi connectivity index (χ2n) is 4.21. The quantitative estimate of drug-likeness (QED) is 0.803. The van der Waals surface area contributed by atoms with Crippen LogP contribution in [0.15, 0.2) is 24.3 Å². The number of aliphatic hydroxyl groups is 1. The van der Waals surface area contributed by atoms with Crippen LogP contribution in [0.25, 0.3) is 0 Å². The smallest absolute Gasteiger partial charge is 0.0468 e. The van der Waals surface area contributed by atoms with Crippen molar-refractivity contribution >= 4 is 11.6 Å². The predicted octanol–water partition coefficient (Wildman–Crippen LogP) is 3.01. The van der Waals surface area contributed by atoms with Gasteiger partial charge in [0.25, 0.3) is 0 Å². The van der Waals surface area contributed by atoms with E-state index in [2.05, 4.69) is 12.2 Å². The van der Waals surface area contributed by atoms with Crippen LogP contribution in [0.3, 0.4) is 0 Å². The lowest BCUT2D eigenvalue weighted by molar-refractivity contribution is 0.229. The normalized spacial score (nSPS) is 14.8. The van der Waals surface area contributed by atoms with Crippen molar-refractivity contribution in [1.82, 2.24) is 5.32 Å². The zero-order valence-electron chi connectivity index (χ0n) is 9.91. The molecule has 16 heavy (non-hydrogen) atoms. The van der Waals surface area contributed by atoms with Gasteiger partial charge in [-0.3, -0.25) is 0 Å². The summed E-state index contributed by atoms with van der Waals surface area (Å²) in [6.45, 7) is 5.24. The van der Waals surface area contributed by atoms with Crippen molar-refractivity contribution in [3.05, 3.63) is 34.9 Å². The number of hydrogen-bond donors (Lipinski definition) is 2. The number of nitrogens with one attached hydrogen (secondary N) is 1. The molecule has 0 saturated heterocycles. The summed E-state index contributed by atoms with van der Waals surface area (Å²) < 4.78 is 0. The molecule has 0 aliphatic carbocycles. The van der Waals surface area contributed by atoms with E-state index >= 15 is 0 Å². The van der Waals surface area contributed by atoms with Crippen molar-refractivity contribution < 1.29 is 5.11 Å². The maximum absolute atomic E-state index is 8.97. The van der Waals surface area contributed by atoms with Gasteiger partial charge in [0.05, 0.1) is 0 Å². The molecule has 0 aliphatic heterocycles. The van der Waals surface area contributed by atoms with Crippen LogP contribution in [0, 0.1) is 5.92 Å². The first-order chi connectivity index (χ1) is 7.67. The van der Waals surface area contributed by atoms with Crippen LogP contribution in [0.4, 0.5) is 0 Å². The molecule has 2 nitrogen and oxygen atoms in total. The third-order valence-electron chi connectivity index (χ3n) is 2.71. The van der Waals surface area contributed by atoms with E-state index in [9.17, 15) is 0 Å². The van der Waals surface area contributed by atoms with E-state index < -0.39 is 0 Å². The van der Waals surface area contributed by atoms with Crippen LogP contribution < -0.4 is 5.32 Å². The molecule has 3 heteroatoms. The highest BCUT2D eigenvalue weighted by molar-refractivity contribution is 6.30. The van der Waals surface area contributed by atoms with Crippen LogP contribution in [0.5, 0.6) is 0 Å². The molecule has 0 heterocycles. The lowest BCUT2D eigenvalue weighted by Crippen LogP contribution is -2.27. The number of aliphatic hydroxyl groups excluding tert-OH is 1. The molecule has 1 aromatic rings. The predicted molar refractivity (Wildman–Crippen MR) is 68.7 cm³/mol. The number of hydrogen-bond acceptors (Lipinski definition) is 2. The van der Waals surface area contributed by atoms with E-state index in [1.165, 1.54) is 5.56 Å². The van der Waals surface area contributed by atoms with Gasteiger partial charge < -0.3 is 10.4 Å². The fourth-order valence-electron chi connectivity index (χ4n) is 1.60. The Hall–Kier alpha value is -0.570. The van der Waals surface area contributed by atoms with Crippen molar-refractivity contribution in [2.24, 2.45) is 5.92 Å². The minimum atomic E-state index is 0.226. The molecule has 0 radical (unpaired) electrons. The Morgan fingerprint density at radius 2 is 1.94 bits per heavy atom. The molecule has 0 amide bonds. The topological polar surface area (TPSA) is 32.3 Å². The molecule has 0 bridgehead atoms. The molecule has 0 aliphatic rings. The Bertz CT molecular complexity index is 299. The van der Waals surface area contributed by atoms with Gasteiger partial charge in [-0.05, 0) is 30.0 Å². The highest BCUT2D eigenvalue weighted by Gasteiger charge is 2.09. The second-order valence-corrected chi connectivity index (χ2v) is 4.64. The zero-order chi connectivity index (χ0) is 12.0. The minimum absolute atomic E-state index is 0.226. The van der Waals surface area contributed by atoms with Gasteiger partial charge >= 0.3 is 0 Å². The summed E-state index contributed by atoms with van der Waals surface area (Å²) in [5.41, 5.74) is 1.25. The third kappa shape index (κ3) is 4.12. The summed E-state index contributed by atoms with van der Waals surface area (Å²) in [6, 6.07) is 8.26. The first-order valence-corrected chi connectivity index (χ1v) is 6.14. The Morgan fingerprint density at radius 3 is 2.44 bits per heavy atom. The second kappa shape index (κ2) is 6.89. The van der Waals surface area contributed by atoms with Gasteiger partial charge in [-0.1, -0.05) is 37.6 Å². The highest BCUT2D eigenvalue weighted by Crippen LogP contribution is 2.19. The summed E-state index contributed by atoms with van der Waals surface area (Å²) in [4.78, 5) is 0. The molecular formula is C13H20ClNO. The molecule has 1 aromatic carbocycles. The maximum atomic E-state index is 8.97. The molecule has 1 rings (SSSR count). The Morgan fingerprint density at radius 1 is 1.31 bits per heavy atom. The monoisotopic (exact) mass is 241 g/mol. The van der Waals surface area contributed by atoms with Crippen molar-refractivity contribution in [2.45, 2.75) is 26.3 Å². The summed E-state index contributed by atoms with van der Waals surface area (Å²) in [5, 5.41) is 13.2. The lowest BCUT2D eigenvalue weighted by Gasteiger charge is -2.19. The van der Waals surface area contributed by atoms with Gasteiger partial charge in [-0.2, -0.15) is 0 Å². The van der Waals surface area contributed by atoms with Gasteiger partial charge in [-0.25, -0.2) is 0 Å². The fourth-order valence-corrected chi connectivity index (χ4v) is 1.73. The minimum Gasteiger partial charge on any atom is -0.396 e. The highest BCUT2D eigenvalue weighted by atomic mass is 35.5. The standard InChI is InChI=1S/C13H20ClNO/c1-3-13(15-8-10(2)9-16)11-4-6-12(14)7-5-11/h4-7,10,13,15-16H,3,8-9H2,1-2H3. The zero-order valence-corrected chi connectivity index (χ0v) is 10.7. The first kappa shape index (κ1) is 13.5. The molecular weight excluding hydrogens is 222 g/mol. The van der Waals surface area contributed by atoms with Crippen LogP contribution in [-0.4, -0.2) is 18.3 Å². The van der Waals surface area contributed by atoms with E-state index in [0.717, 1.165) is 18.0 Å². The van der Waals surface area contributed by atoms with Crippen molar-refractivity contribution in [1.29, 1.82) is 0 Å². The molecule has 2 atom stereocenters. The summed E-state index contributed by atoms with van der Waals surface area (Å²) in [7, 11) is 0. The molecule has 90 valence electrons. The lowest BCUT2D eigenvalue weighted by atomic mass is 10.0. The average molecular weight is 242 g/mol. The SMILES string of the molecule is CCC(NCC(C)CO)c1ccc(Cl)cc1. The van der Waals surface area contributed by atoms with E-state index in [0.29, 0.717) is 12.0 Å². The number of rotatable bonds is 6. The molecule has 0 fully saturated rings. The summed E-state index contributed by atoms with van der Waals surface area (Å²) in [5.74, 6) is 0.293.